The van der Waals surface area contributed by atoms with Gasteiger partial charge in [-0.3, -0.25) is 24.2 Å². The lowest BCUT2D eigenvalue weighted by molar-refractivity contribution is -0.146. The van der Waals surface area contributed by atoms with Gasteiger partial charge >= 0.3 is 17.9 Å². The van der Waals surface area contributed by atoms with Crippen molar-refractivity contribution in [3.63, 3.8) is 0 Å². The molecule has 2 atom stereocenters. The Hall–Kier alpha value is -2.65. The second-order valence-corrected chi connectivity index (χ2v) is 7.04. The van der Waals surface area contributed by atoms with Gasteiger partial charge in [-0.2, -0.15) is 0 Å². The predicted molar refractivity (Wildman–Crippen MR) is 99.0 cm³/mol. The van der Waals surface area contributed by atoms with Gasteiger partial charge in [-0.1, -0.05) is 31.0 Å². The summed E-state index contributed by atoms with van der Waals surface area (Å²) < 4.78 is 0. The van der Waals surface area contributed by atoms with Gasteiger partial charge in [0, 0.05) is 24.2 Å². The third-order valence-electron chi connectivity index (χ3n) is 5.01. The van der Waals surface area contributed by atoms with Gasteiger partial charge in [-0.05, 0) is 18.9 Å². The van der Waals surface area contributed by atoms with E-state index in [1.165, 1.54) is 11.0 Å². The fraction of sp³-hybridized carbons (Fsp3) is 0.526. The minimum absolute atomic E-state index is 0.0539. The number of hydrogen-bond acceptors (Lipinski definition) is 6. The molecule has 0 aliphatic heterocycles. The van der Waals surface area contributed by atoms with Crippen LogP contribution in [0.4, 0.5) is 0 Å². The molecule has 1 aromatic rings. The van der Waals surface area contributed by atoms with E-state index in [0.29, 0.717) is 18.4 Å². The van der Waals surface area contributed by atoms with Crippen LogP contribution in [0, 0.1) is 0 Å². The van der Waals surface area contributed by atoms with Crippen molar-refractivity contribution in [2.45, 2.75) is 44.3 Å². The van der Waals surface area contributed by atoms with Crippen LogP contribution >= 0.6 is 0 Å². The zero-order valence-electron chi connectivity index (χ0n) is 15.5. The molecule has 1 aliphatic carbocycles. The summed E-state index contributed by atoms with van der Waals surface area (Å²) in [5.41, 5.74) is 0.566. The van der Waals surface area contributed by atoms with Crippen molar-refractivity contribution >= 4 is 17.9 Å². The number of aliphatic carboxylic acids is 3. The SMILES string of the molecule is O=C(O)CN(CC(=O)O)C1CCCCC1N(CC(=O)O)Cc1ccccc1O. The van der Waals surface area contributed by atoms with Gasteiger partial charge in [-0.15, -0.1) is 0 Å². The Morgan fingerprint density at radius 2 is 1.29 bits per heavy atom. The minimum Gasteiger partial charge on any atom is -0.508 e. The van der Waals surface area contributed by atoms with Crippen molar-refractivity contribution in [3.8, 4) is 5.75 Å². The summed E-state index contributed by atoms with van der Waals surface area (Å²) in [4.78, 5) is 37.0. The van der Waals surface area contributed by atoms with Gasteiger partial charge in [0.25, 0.3) is 0 Å². The maximum Gasteiger partial charge on any atom is 0.317 e. The van der Waals surface area contributed by atoms with Crippen molar-refractivity contribution in [3.05, 3.63) is 29.8 Å². The number of para-hydroxylation sites is 1. The number of phenols is 1. The van der Waals surface area contributed by atoms with E-state index in [4.69, 9.17) is 0 Å². The van der Waals surface area contributed by atoms with Crippen LogP contribution in [0.15, 0.2) is 24.3 Å². The second-order valence-electron chi connectivity index (χ2n) is 7.04. The molecule has 0 heterocycles. The molecule has 2 unspecified atom stereocenters. The number of nitrogens with zero attached hydrogens (tertiary/aromatic N) is 2. The molecule has 1 saturated carbocycles. The molecule has 9 nitrogen and oxygen atoms in total. The number of carboxylic acids is 3. The lowest BCUT2D eigenvalue weighted by Gasteiger charge is -2.44. The lowest BCUT2D eigenvalue weighted by Crippen LogP contribution is -2.56. The maximum absolute atomic E-state index is 11.5. The number of hydrogen-bond donors (Lipinski definition) is 4. The molecule has 0 spiro atoms. The molecular formula is C19H26N2O7. The number of phenolic OH excluding ortho intramolecular Hbond substituents is 1. The zero-order valence-corrected chi connectivity index (χ0v) is 15.5. The summed E-state index contributed by atoms with van der Waals surface area (Å²) in [6.07, 6.45) is 2.86. The van der Waals surface area contributed by atoms with E-state index < -0.39 is 37.0 Å². The van der Waals surface area contributed by atoms with Crippen LogP contribution in [-0.2, 0) is 20.9 Å². The fourth-order valence-electron chi connectivity index (χ4n) is 3.91. The van der Waals surface area contributed by atoms with E-state index in [1.54, 1.807) is 23.1 Å². The molecular weight excluding hydrogens is 368 g/mol. The summed E-state index contributed by atoms with van der Waals surface area (Å²) in [5, 5.41) is 37.8. The first kappa shape index (κ1) is 21.6. The number of carbonyl (C=O) groups is 3. The predicted octanol–water partition coefficient (Wildman–Crippen LogP) is 1.06. The number of aromatic hydroxyl groups is 1. The highest BCUT2D eigenvalue weighted by Gasteiger charge is 2.36. The third kappa shape index (κ3) is 6.21. The Kier molecular flexibility index (Phi) is 7.77. The first-order chi connectivity index (χ1) is 13.3. The molecule has 4 N–H and O–H groups in total. The molecule has 0 amide bonds. The van der Waals surface area contributed by atoms with Gasteiger partial charge in [-0.25, -0.2) is 0 Å². The molecule has 28 heavy (non-hydrogen) atoms. The maximum atomic E-state index is 11.5. The van der Waals surface area contributed by atoms with E-state index in [2.05, 4.69) is 0 Å². The number of benzene rings is 1. The van der Waals surface area contributed by atoms with Gasteiger partial charge in [0.1, 0.15) is 5.75 Å². The Morgan fingerprint density at radius 3 is 1.79 bits per heavy atom. The van der Waals surface area contributed by atoms with Gasteiger partial charge < -0.3 is 20.4 Å². The van der Waals surface area contributed by atoms with Crippen molar-refractivity contribution in [2.24, 2.45) is 0 Å². The number of rotatable bonds is 10. The highest BCUT2D eigenvalue weighted by molar-refractivity contribution is 5.72. The Morgan fingerprint density at radius 1 is 0.821 bits per heavy atom. The first-order valence-corrected chi connectivity index (χ1v) is 9.18. The molecule has 1 aliphatic rings. The summed E-state index contributed by atoms with van der Waals surface area (Å²) in [7, 11) is 0. The van der Waals surface area contributed by atoms with E-state index in [1.807, 2.05) is 0 Å². The van der Waals surface area contributed by atoms with Gasteiger partial charge in [0.15, 0.2) is 0 Å². The molecule has 1 fully saturated rings. The van der Waals surface area contributed by atoms with Crippen LogP contribution in [0.5, 0.6) is 5.75 Å². The molecule has 0 saturated heterocycles. The van der Waals surface area contributed by atoms with Crippen LogP contribution in [0.1, 0.15) is 31.2 Å². The van der Waals surface area contributed by atoms with E-state index in [-0.39, 0.29) is 24.9 Å². The normalized spacial score (nSPS) is 19.6. The molecule has 1 aromatic carbocycles. The molecule has 0 radical (unpaired) electrons. The van der Waals surface area contributed by atoms with E-state index in [9.17, 15) is 34.8 Å². The average Bonchev–Trinajstić information content (AvgIpc) is 2.61. The van der Waals surface area contributed by atoms with Gasteiger partial charge in [0.05, 0.1) is 19.6 Å². The van der Waals surface area contributed by atoms with Crippen LogP contribution in [0.3, 0.4) is 0 Å². The monoisotopic (exact) mass is 394 g/mol. The van der Waals surface area contributed by atoms with Crippen LogP contribution in [0.2, 0.25) is 0 Å². The Balaban J connectivity index is 2.30. The third-order valence-corrected chi connectivity index (χ3v) is 5.01. The van der Waals surface area contributed by atoms with Crippen molar-refractivity contribution in [1.82, 2.24) is 9.80 Å². The summed E-state index contributed by atoms with van der Waals surface area (Å²) in [5.74, 6) is -3.24. The smallest absolute Gasteiger partial charge is 0.317 e. The largest absolute Gasteiger partial charge is 0.508 e. The summed E-state index contributed by atoms with van der Waals surface area (Å²) in [6, 6.07) is 5.91. The van der Waals surface area contributed by atoms with E-state index in [0.717, 1.165) is 12.8 Å². The fourth-order valence-corrected chi connectivity index (χ4v) is 3.91. The highest BCUT2D eigenvalue weighted by atomic mass is 16.4. The van der Waals surface area contributed by atoms with Gasteiger partial charge in [0.2, 0.25) is 0 Å². The minimum atomic E-state index is -1.13. The van der Waals surface area contributed by atoms with Crippen molar-refractivity contribution in [2.75, 3.05) is 19.6 Å². The molecule has 9 heteroatoms. The molecule has 0 aromatic heterocycles. The lowest BCUT2D eigenvalue weighted by atomic mass is 9.87. The Labute approximate surface area is 162 Å². The standard InChI is InChI=1S/C19H26N2O7/c22-16-8-4-1-5-13(16)9-20(10-17(23)24)14-6-2-3-7-15(14)21(11-18(25)26)12-19(27)28/h1,4-5,8,14-15,22H,2-3,6-7,9-12H2,(H,23,24)(H,25,26)(H,27,28). The molecule has 2 rings (SSSR count). The van der Waals surface area contributed by atoms with Crippen LogP contribution in [-0.4, -0.2) is 79.9 Å². The van der Waals surface area contributed by atoms with E-state index >= 15 is 0 Å². The number of carboxylic acid groups (broad SMARTS) is 3. The second kappa shape index (κ2) is 10.0. The molecule has 154 valence electrons. The quantitative estimate of drug-likeness (QED) is 0.459. The Bertz CT molecular complexity index is 693. The topological polar surface area (TPSA) is 139 Å². The highest BCUT2D eigenvalue weighted by Crippen LogP contribution is 2.29. The van der Waals surface area contributed by atoms with Crippen LogP contribution < -0.4 is 0 Å². The zero-order chi connectivity index (χ0) is 20.7. The van der Waals surface area contributed by atoms with Crippen LogP contribution in [0.25, 0.3) is 0 Å². The summed E-state index contributed by atoms with van der Waals surface area (Å²) >= 11 is 0. The summed E-state index contributed by atoms with van der Waals surface area (Å²) in [6.45, 7) is -0.965. The van der Waals surface area contributed by atoms with Crippen molar-refractivity contribution in [1.29, 1.82) is 0 Å². The first-order valence-electron chi connectivity index (χ1n) is 9.18. The average molecular weight is 394 g/mol. The molecule has 0 bridgehead atoms. The van der Waals surface area contributed by atoms with Crippen molar-refractivity contribution < 1.29 is 34.8 Å².